The van der Waals surface area contributed by atoms with E-state index in [9.17, 15) is 4.79 Å². The topological polar surface area (TPSA) is 68.5 Å². The van der Waals surface area contributed by atoms with Crippen LogP contribution in [-0.2, 0) is 4.79 Å². The van der Waals surface area contributed by atoms with E-state index in [-0.39, 0.29) is 12.4 Å². The molecule has 5 nitrogen and oxygen atoms in total. The summed E-state index contributed by atoms with van der Waals surface area (Å²) in [5.41, 5.74) is 1.96. The van der Waals surface area contributed by atoms with Crippen LogP contribution < -0.4 is 14.2 Å². The van der Waals surface area contributed by atoms with Gasteiger partial charge in [-0.3, -0.25) is 4.79 Å². The van der Waals surface area contributed by atoms with Gasteiger partial charge in [0.05, 0.1) is 19.8 Å². The number of hydrogen-bond acceptors (Lipinski definition) is 5. The van der Waals surface area contributed by atoms with Crippen LogP contribution in [0.5, 0.6) is 17.2 Å². The molecule has 0 radical (unpaired) electrons. The number of aryl methyl sites for hydroxylation is 1. The molecule has 0 fully saturated rings. The summed E-state index contributed by atoms with van der Waals surface area (Å²) in [7, 11) is 1.50. The molecule has 0 unspecified atom stereocenters. The van der Waals surface area contributed by atoms with E-state index >= 15 is 0 Å². The molecule has 0 amide bonds. The third-order valence-corrected chi connectivity index (χ3v) is 3.58. The number of benzene rings is 2. The van der Waals surface area contributed by atoms with Crippen LogP contribution in [-0.4, -0.2) is 19.7 Å². The molecule has 0 saturated carbocycles. The number of nitriles is 1. The highest BCUT2D eigenvalue weighted by atomic mass is 16.6. The van der Waals surface area contributed by atoms with Gasteiger partial charge in [0.15, 0.2) is 11.5 Å². The second-order valence-electron chi connectivity index (χ2n) is 5.61. The van der Waals surface area contributed by atoms with Crippen molar-refractivity contribution < 1.29 is 19.0 Å². The Bertz CT molecular complexity index is 804. The third kappa shape index (κ3) is 5.99. The van der Waals surface area contributed by atoms with Crippen LogP contribution in [0.2, 0.25) is 0 Å². The zero-order valence-electron chi connectivity index (χ0n) is 14.9. The molecular weight excluding hydrogens is 330 g/mol. The predicted octanol–water partition coefficient (Wildman–Crippen LogP) is 4.31. The summed E-state index contributed by atoms with van der Waals surface area (Å²) in [6.45, 7) is 2.45. The van der Waals surface area contributed by atoms with Gasteiger partial charge in [-0.1, -0.05) is 23.8 Å². The molecular formula is C21H21NO4. The lowest BCUT2D eigenvalue weighted by Gasteiger charge is -2.10. The SMILES string of the molecule is COc1cc(/C=C\C#N)ccc1OC(=O)CCCOc1ccc(C)cc1. The number of carbonyl (C=O) groups excluding carboxylic acids is 1. The quantitative estimate of drug-likeness (QED) is 0.307. The van der Waals surface area contributed by atoms with Crippen molar-refractivity contribution in [1.29, 1.82) is 5.26 Å². The summed E-state index contributed by atoms with van der Waals surface area (Å²) in [5.74, 6) is 1.23. The molecule has 2 aromatic carbocycles. The summed E-state index contributed by atoms with van der Waals surface area (Å²) in [5, 5.41) is 8.57. The van der Waals surface area contributed by atoms with Crippen molar-refractivity contribution in [3.8, 4) is 23.3 Å². The molecule has 0 bridgehead atoms. The monoisotopic (exact) mass is 351 g/mol. The molecule has 0 aliphatic carbocycles. The van der Waals surface area contributed by atoms with Gasteiger partial charge in [-0.25, -0.2) is 0 Å². The number of esters is 1. The van der Waals surface area contributed by atoms with Crippen molar-refractivity contribution in [3.05, 3.63) is 59.7 Å². The maximum atomic E-state index is 12.0. The maximum absolute atomic E-state index is 12.0. The Labute approximate surface area is 153 Å². The molecule has 2 rings (SSSR count). The zero-order valence-corrected chi connectivity index (χ0v) is 14.9. The van der Waals surface area contributed by atoms with Gasteiger partial charge in [-0.2, -0.15) is 5.26 Å². The molecule has 2 aromatic rings. The lowest BCUT2D eigenvalue weighted by Crippen LogP contribution is -2.10. The van der Waals surface area contributed by atoms with Gasteiger partial charge < -0.3 is 14.2 Å². The fourth-order valence-corrected chi connectivity index (χ4v) is 2.22. The van der Waals surface area contributed by atoms with Gasteiger partial charge in [0, 0.05) is 12.5 Å². The summed E-state index contributed by atoms with van der Waals surface area (Å²) in [6.07, 6.45) is 3.81. The molecule has 0 atom stereocenters. The molecule has 0 spiro atoms. The zero-order chi connectivity index (χ0) is 18.8. The van der Waals surface area contributed by atoms with Crippen LogP contribution >= 0.6 is 0 Å². The molecule has 0 heterocycles. The Hall–Kier alpha value is -3.26. The van der Waals surface area contributed by atoms with Gasteiger partial charge in [-0.15, -0.1) is 0 Å². The van der Waals surface area contributed by atoms with Gasteiger partial charge >= 0.3 is 5.97 Å². The van der Waals surface area contributed by atoms with Crippen molar-refractivity contribution in [2.75, 3.05) is 13.7 Å². The molecule has 0 aromatic heterocycles. The van der Waals surface area contributed by atoms with Gasteiger partial charge in [0.25, 0.3) is 0 Å². The van der Waals surface area contributed by atoms with E-state index in [0.29, 0.717) is 24.5 Å². The number of carbonyl (C=O) groups is 1. The average Bonchev–Trinajstić information content (AvgIpc) is 2.65. The molecule has 5 heteroatoms. The first kappa shape index (κ1) is 19.1. The lowest BCUT2D eigenvalue weighted by molar-refractivity contribution is -0.134. The van der Waals surface area contributed by atoms with E-state index in [4.69, 9.17) is 19.5 Å². The van der Waals surface area contributed by atoms with Crippen molar-refractivity contribution >= 4 is 12.0 Å². The first-order chi connectivity index (χ1) is 12.6. The van der Waals surface area contributed by atoms with Crippen molar-refractivity contribution in [1.82, 2.24) is 0 Å². The smallest absolute Gasteiger partial charge is 0.311 e. The summed E-state index contributed by atoms with van der Waals surface area (Å²) >= 11 is 0. The highest BCUT2D eigenvalue weighted by Crippen LogP contribution is 2.29. The number of allylic oxidation sites excluding steroid dienone is 1. The van der Waals surface area contributed by atoms with Gasteiger partial charge in [0.1, 0.15) is 5.75 Å². The van der Waals surface area contributed by atoms with Crippen LogP contribution in [0.1, 0.15) is 24.0 Å². The van der Waals surface area contributed by atoms with Gasteiger partial charge in [0.2, 0.25) is 0 Å². The third-order valence-electron chi connectivity index (χ3n) is 3.58. The minimum absolute atomic E-state index is 0.241. The highest BCUT2D eigenvalue weighted by molar-refractivity contribution is 5.73. The Morgan fingerprint density at radius 3 is 2.62 bits per heavy atom. The number of methoxy groups -OCH3 is 1. The minimum Gasteiger partial charge on any atom is -0.494 e. The van der Waals surface area contributed by atoms with E-state index in [0.717, 1.165) is 11.3 Å². The number of ether oxygens (including phenoxy) is 3. The first-order valence-electron chi connectivity index (χ1n) is 8.26. The fraction of sp³-hybridized carbons (Fsp3) is 0.238. The van der Waals surface area contributed by atoms with Crippen LogP contribution in [0.25, 0.3) is 6.08 Å². The summed E-state index contributed by atoms with van der Waals surface area (Å²) < 4.78 is 16.2. The molecule has 134 valence electrons. The molecule has 26 heavy (non-hydrogen) atoms. The van der Waals surface area contributed by atoms with Crippen molar-refractivity contribution in [2.45, 2.75) is 19.8 Å². The predicted molar refractivity (Wildman–Crippen MR) is 99.2 cm³/mol. The van der Waals surface area contributed by atoms with E-state index in [1.165, 1.54) is 18.7 Å². The van der Waals surface area contributed by atoms with Crippen LogP contribution in [0, 0.1) is 18.3 Å². The minimum atomic E-state index is -0.351. The Morgan fingerprint density at radius 1 is 1.15 bits per heavy atom. The largest absolute Gasteiger partial charge is 0.494 e. The lowest BCUT2D eigenvalue weighted by atomic mass is 10.2. The van der Waals surface area contributed by atoms with Crippen molar-refractivity contribution in [3.63, 3.8) is 0 Å². The molecule has 0 saturated heterocycles. The highest BCUT2D eigenvalue weighted by Gasteiger charge is 2.10. The number of nitrogens with zero attached hydrogens (tertiary/aromatic N) is 1. The maximum Gasteiger partial charge on any atom is 0.311 e. The van der Waals surface area contributed by atoms with Crippen molar-refractivity contribution in [2.24, 2.45) is 0 Å². The van der Waals surface area contributed by atoms with E-state index in [1.807, 2.05) is 37.3 Å². The van der Waals surface area contributed by atoms with E-state index in [2.05, 4.69) is 0 Å². The van der Waals surface area contributed by atoms with Crippen LogP contribution in [0.15, 0.2) is 48.5 Å². The Balaban J connectivity index is 1.82. The van der Waals surface area contributed by atoms with Gasteiger partial charge in [-0.05, 0) is 49.2 Å². The Morgan fingerprint density at radius 2 is 1.92 bits per heavy atom. The van der Waals surface area contributed by atoms with Crippen LogP contribution in [0.4, 0.5) is 0 Å². The van der Waals surface area contributed by atoms with E-state index < -0.39 is 0 Å². The average molecular weight is 351 g/mol. The normalized spacial score (nSPS) is 10.3. The summed E-state index contributed by atoms with van der Waals surface area (Å²) in [4.78, 5) is 12.0. The van der Waals surface area contributed by atoms with E-state index in [1.54, 1.807) is 24.3 Å². The standard InChI is InChI=1S/C21H21NO4/c1-16-7-10-18(11-8-16)25-14-4-6-21(23)26-19-12-9-17(5-3-13-22)15-20(19)24-2/h3,5,7-12,15H,4,6,14H2,1-2H3/b5-3-. The second kappa shape index (κ2) is 9.90. The number of rotatable bonds is 8. The Kier molecular flexibility index (Phi) is 7.26. The second-order valence-corrected chi connectivity index (χ2v) is 5.61. The first-order valence-corrected chi connectivity index (χ1v) is 8.26. The summed E-state index contributed by atoms with van der Waals surface area (Å²) in [6, 6.07) is 14.8. The fourth-order valence-electron chi connectivity index (χ4n) is 2.22. The molecule has 0 aliphatic heterocycles. The molecule has 0 N–H and O–H groups in total. The molecule has 0 aliphatic rings. The number of hydrogen-bond donors (Lipinski definition) is 0. The van der Waals surface area contributed by atoms with Crippen LogP contribution in [0.3, 0.4) is 0 Å².